The molecule has 0 radical (unpaired) electrons. The minimum atomic E-state index is -0.682. The molecule has 0 aliphatic rings. The molecule has 0 aliphatic carbocycles. The maximum Gasteiger partial charge on any atom is 0.266 e. The van der Waals surface area contributed by atoms with Crippen LogP contribution >= 0.6 is 23.2 Å². The van der Waals surface area contributed by atoms with E-state index in [-0.39, 0.29) is 5.91 Å². The number of aromatic nitrogens is 2. The summed E-state index contributed by atoms with van der Waals surface area (Å²) in [5.74, 6) is 0.786. The number of nitrogens with one attached hydrogen (secondary N) is 1. The minimum Gasteiger partial charge on any atom is -0.481 e. The van der Waals surface area contributed by atoms with Gasteiger partial charge in [0, 0.05) is 22.3 Å². The predicted octanol–water partition coefficient (Wildman–Crippen LogP) is 4.95. The van der Waals surface area contributed by atoms with Gasteiger partial charge in [-0.05, 0) is 49.2 Å². The van der Waals surface area contributed by atoms with E-state index >= 15 is 0 Å². The summed E-state index contributed by atoms with van der Waals surface area (Å²) in [4.78, 5) is 12.4. The highest BCUT2D eigenvalue weighted by Crippen LogP contribution is 2.23. The number of hydrogen-bond acceptors (Lipinski definition) is 3. The Morgan fingerprint density at radius 3 is 2.74 bits per heavy atom. The Bertz CT molecular complexity index is 956. The lowest BCUT2D eigenvalue weighted by Gasteiger charge is -2.15. The van der Waals surface area contributed by atoms with Gasteiger partial charge in [-0.2, -0.15) is 5.10 Å². The number of amides is 1. The first-order valence-corrected chi connectivity index (χ1v) is 9.18. The van der Waals surface area contributed by atoms with Gasteiger partial charge in [-0.15, -0.1) is 0 Å². The molecule has 2 aromatic carbocycles. The molecule has 0 fully saturated rings. The van der Waals surface area contributed by atoms with Crippen molar-refractivity contribution in [2.45, 2.75) is 26.5 Å². The second-order valence-corrected chi connectivity index (χ2v) is 6.99. The van der Waals surface area contributed by atoms with Crippen LogP contribution in [0, 0.1) is 6.92 Å². The number of aryl methyl sites for hydroxylation is 1. The van der Waals surface area contributed by atoms with Crippen LogP contribution in [0.5, 0.6) is 5.75 Å². The molecule has 1 unspecified atom stereocenters. The lowest BCUT2D eigenvalue weighted by Crippen LogP contribution is -2.30. The third kappa shape index (κ3) is 5.02. The summed E-state index contributed by atoms with van der Waals surface area (Å²) in [7, 11) is 0. The second kappa shape index (κ2) is 8.46. The fourth-order valence-corrected chi connectivity index (χ4v) is 2.96. The van der Waals surface area contributed by atoms with Crippen LogP contribution in [0.15, 0.2) is 54.7 Å². The monoisotopic (exact) mass is 403 g/mol. The minimum absolute atomic E-state index is 0.285. The first-order valence-electron chi connectivity index (χ1n) is 8.43. The fraction of sp³-hybridized carbons (Fsp3) is 0.200. The lowest BCUT2D eigenvalue weighted by molar-refractivity contribution is -0.122. The van der Waals surface area contributed by atoms with Crippen molar-refractivity contribution in [3.05, 3.63) is 75.9 Å². The van der Waals surface area contributed by atoms with Gasteiger partial charge < -0.3 is 10.1 Å². The molecular weight excluding hydrogens is 385 g/mol. The zero-order chi connectivity index (χ0) is 19.4. The van der Waals surface area contributed by atoms with E-state index < -0.39 is 6.10 Å². The van der Waals surface area contributed by atoms with Crippen LogP contribution in [-0.2, 0) is 11.3 Å². The number of carbonyl (C=O) groups is 1. The molecule has 7 heteroatoms. The molecule has 0 aliphatic heterocycles. The third-order valence-electron chi connectivity index (χ3n) is 3.99. The van der Waals surface area contributed by atoms with Crippen LogP contribution in [0.4, 0.5) is 5.82 Å². The molecule has 3 aromatic rings. The van der Waals surface area contributed by atoms with Gasteiger partial charge in [0.25, 0.3) is 5.91 Å². The third-order valence-corrected chi connectivity index (χ3v) is 4.60. The molecule has 1 amide bonds. The van der Waals surface area contributed by atoms with E-state index in [1.165, 1.54) is 0 Å². The van der Waals surface area contributed by atoms with Crippen molar-refractivity contribution in [2.24, 2.45) is 0 Å². The molecule has 1 heterocycles. The Hall–Kier alpha value is -2.50. The number of benzene rings is 2. The molecule has 5 nitrogen and oxygen atoms in total. The summed E-state index contributed by atoms with van der Waals surface area (Å²) in [5, 5.41) is 8.42. The number of rotatable bonds is 6. The molecule has 0 saturated heterocycles. The van der Waals surface area contributed by atoms with Crippen molar-refractivity contribution in [3.63, 3.8) is 0 Å². The zero-order valence-electron chi connectivity index (χ0n) is 14.9. The highest BCUT2D eigenvalue weighted by atomic mass is 35.5. The average Bonchev–Trinajstić information content (AvgIpc) is 3.06. The molecule has 1 N–H and O–H groups in total. The number of nitrogens with zero attached hydrogens (tertiary/aromatic N) is 2. The Balaban J connectivity index is 1.61. The number of ether oxygens (including phenoxy) is 1. The first kappa shape index (κ1) is 19.3. The van der Waals surface area contributed by atoms with Gasteiger partial charge in [0.05, 0.1) is 6.54 Å². The highest BCUT2D eigenvalue weighted by molar-refractivity contribution is 6.31. The van der Waals surface area contributed by atoms with Crippen LogP contribution in [0.1, 0.15) is 18.1 Å². The van der Waals surface area contributed by atoms with Gasteiger partial charge in [-0.3, -0.25) is 9.48 Å². The van der Waals surface area contributed by atoms with Crippen LogP contribution in [0.3, 0.4) is 0 Å². The average molecular weight is 404 g/mol. The Labute approximate surface area is 167 Å². The normalized spacial score (nSPS) is 11.9. The molecule has 0 saturated carbocycles. The summed E-state index contributed by atoms with van der Waals surface area (Å²) in [6.07, 6.45) is 1.10. The van der Waals surface area contributed by atoms with E-state index in [1.807, 2.05) is 31.2 Å². The van der Waals surface area contributed by atoms with Crippen molar-refractivity contribution in [1.82, 2.24) is 9.78 Å². The van der Waals surface area contributed by atoms with Crippen molar-refractivity contribution < 1.29 is 9.53 Å². The topological polar surface area (TPSA) is 56.1 Å². The molecule has 140 valence electrons. The molecule has 3 rings (SSSR count). The Morgan fingerprint density at radius 2 is 2.00 bits per heavy atom. The first-order chi connectivity index (χ1) is 12.9. The summed E-state index contributed by atoms with van der Waals surface area (Å²) < 4.78 is 7.44. The lowest BCUT2D eigenvalue weighted by atomic mass is 10.2. The van der Waals surface area contributed by atoms with Gasteiger partial charge in [-0.25, -0.2) is 0 Å². The smallest absolute Gasteiger partial charge is 0.266 e. The molecule has 1 aromatic heterocycles. The molecular formula is C20H19Cl2N3O2. The van der Waals surface area contributed by atoms with Crippen LogP contribution in [0.25, 0.3) is 0 Å². The van der Waals surface area contributed by atoms with E-state index in [1.54, 1.807) is 42.1 Å². The number of hydrogen-bond donors (Lipinski definition) is 1. The summed E-state index contributed by atoms with van der Waals surface area (Å²) in [6.45, 7) is 4.08. The van der Waals surface area contributed by atoms with Crippen molar-refractivity contribution in [1.29, 1.82) is 0 Å². The van der Waals surface area contributed by atoms with Crippen molar-refractivity contribution in [2.75, 3.05) is 5.32 Å². The van der Waals surface area contributed by atoms with E-state index in [0.717, 1.165) is 11.1 Å². The zero-order valence-corrected chi connectivity index (χ0v) is 16.5. The van der Waals surface area contributed by atoms with Crippen molar-refractivity contribution >= 4 is 34.9 Å². The van der Waals surface area contributed by atoms with E-state index in [2.05, 4.69) is 10.4 Å². The molecule has 27 heavy (non-hydrogen) atoms. The SMILES string of the molecule is Cc1cc(Cl)ccc1OC(C)C(=O)Nc1ccn(Cc2ccccc2Cl)n1. The predicted molar refractivity (Wildman–Crippen MR) is 108 cm³/mol. The van der Waals surface area contributed by atoms with Gasteiger partial charge in [0.2, 0.25) is 0 Å². The quantitative estimate of drug-likeness (QED) is 0.632. The van der Waals surface area contributed by atoms with Gasteiger partial charge in [0.1, 0.15) is 5.75 Å². The second-order valence-electron chi connectivity index (χ2n) is 6.15. The summed E-state index contributed by atoms with van der Waals surface area (Å²) in [5.41, 5.74) is 1.82. The largest absolute Gasteiger partial charge is 0.481 e. The number of carbonyl (C=O) groups excluding carboxylic acids is 1. The van der Waals surface area contributed by atoms with Crippen LogP contribution < -0.4 is 10.1 Å². The maximum atomic E-state index is 12.4. The van der Waals surface area contributed by atoms with Crippen LogP contribution in [0.2, 0.25) is 10.0 Å². The number of halogens is 2. The van der Waals surface area contributed by atoms with Crippen LogP contribution in [-0.4, -0.2) is 21.8 Å². The Kier molecular flexibility index (Phi) is 6.04. The van der Waals surface area contributed by atoms with Gasteiger partial charge in [0.15, 0.2) is 11.9 Å². The molecule has 0 spiro atoms. The standard InChI is InChI=1S/C20H19Cl2N3O2/c1-13-11-16(21)7-8-18(13)27-14(2)20(26)23-19-9-10-25(24-19)12-15-5-3-4-6-17(15)22/h3-11,14H,12H2,1-2H3,(H,23,24,26). The summed E-state index contributed by atoms with van der Waals surface area (Å²) >= 11 is 12.1. The summed E-state index contributed by atoms with van der Waals surface area (Å²) in [6, 6.07) is 14.6. The van der Waals surface area contributed by atoms with E-state index in [9.17, 15) is 4.79 Å². The Morgan fingerprint density at radius 1 is 1.22 bits per heavy atom. The fourth-order valence-electron chi connectivity index (χ4n) is 2.53. The van der Waals surface area contributed by atoms with Gasteiger partial charge in [-0.1, -0.05) is 41.4 Å². The van der Waals surface area contributed by atoms with Gasteiger partial charge >= 0.3 is 0 Å². The maximum absolute atomic E-state index is 12.4. The van der Waals surface area contributed by atoms with E-state index in [0.29, 0.717) is 28.2 Å². The molecule has 1 atom stereocenters. The molecule has 0 bridgehead atoms. The highest BCUT2D eigenvalue weighted by Gasteiger charge is 2.17. The van der Waals surface area contributed by atoms with Crippen molar-refractivity contribution in [3.8, 4) is 5.75 Å². The number of anilines is 1. The van der Waals surface area contributed by atoms with E-state index in [4.69, 9.17) is 27.9 Å².